The number of ether oxygens (including phenoxy) is 1. The molecule has 29 heavy (non-hydrogen) atoms. The molecule has 1 fully saturated rings. The number of hydrogen-bond donors (Lipinski definition) is 1. The zero-order valence-electron chi connectivity index (χ0n) is 17.8. The number of piperazine rings is 1. The summed E-state index contributed by atoms with van der Waals surface area (Å²) in [6.07, 6.45) is 3.26. The van der Waals surface area contributed by atoms with Crippen molar-refractivity contribution in [2.24, 2.45) is 0 Å². The van der Waals surface area contributed by atoms with Gasteiger partial charge in [-0.1, -0.05) is 20.4 Å². The lowest BCUT2D eigenvalue weighted by Crippen LogP contribution is -2.49. The normalized spacial score (nSPS) is 16.7. The summed E-state index contributed by atoms with van der Waals surface area (Å²) in [6.45, 7) is 16.3. The summed E-state index contributed by atoms with van der Waals surface area (Å²) < 4.78 is 5.94. The average molecular weight is 403 g/mol. The number of carbonyl (C=O) groups excluding carboxylic acids is 1. The highest BCUT2D eigenvalue weighted by atomic mass is 16.5. The molecule has 0 unspecified atom stereocenters. The summed E-state index contributed by atoms with van der Waals surface area (Å²) in [6, 6.07) is 0.464. The van der Waals surface area contributed by atoms with Crippen molar-refractivity contribution >= 4 is 11.7 Å². The molecule has 8 heteroatoms. The second-order valence-corrected chi connectivity index (χ2v) is 7.43. The predicted octanol–water partition coefficient (Wildman–Crippen LogP) is 1.07. The first-order valence-electron chi connectivity index (χ1n) is 10.8. The predicted molar refractivity (Wildman–Crippen MR) is 114 cm³/mol. The summed E-state index contributed by atoms with van der Waals surface area (Å²) in [5.41, 5.74) is 2.24. The Morgan fingerprint density at radius 3 is 2.69 bits per heavy atom. The Balaban J connectivity index is 1.67. The molecule has 0 aliphatic carbocycles. The van der Waals surface area contributed by atoms with Crippen molar-refractivity contribution in [1.29, 1.82) is 0 Å². The molecule has 3 heterocycles. The van der Waals surface area contributed by atoms with Gasteiger partial charge in [0.15, 0.2) is 0 Å². The van der Waals surface area contributed by atoms with Gasteiger partial charge in [-0.05, 0) is 38.6 Å². The standard InChI is InChI=1S/C21H34N6O2/c1-4-19(28)26-11-13-27(14-12-26)20-17-8-9-22-16-18(17)23-21(24-20)29-15-7-10-25(5-2)6-3/h4,22H,1,5-16H2,2-3H3. The van der Waals surface area contributed by atoms with Crippen LogP contribution in [0.3, 0.4) is 0 Å². The number of nitrogens with zero attached hydrogens (tertiary/aromatic N) is 5. The fourth-order valence-corrected chi connectivity index (χ4v) is 3.90. The summed E-state index contributed by atoms with van der Waals surface area (Å²) >= 11 is 0. The molecule has 3 rings (SSSR count). The quantitative estimate of drug-likeness (QED) is 0.489. The molecule has 0 saturated carbocycles. The Morgan fingerprint density at radius 1 is 1.24 bits per heavy atom. The molecular formula is C21H34N6O2. The maximum Gasteiger partial charge on any atom is 0.318 e. The number of anilines is 1. The Hall–Kier alpha value is -2.19. The number of nitrogens with one attached hydrogen (secondary N) is 1. The SMILES string of the molecule is C=CC(=O)N1CCN(c2nc(OCCCN(CC)CC)nc3c2CCNC3)CC1. The Labute approximate surface area is 173 Å². The summed E-state index contributed by atoms with van der Waals surface area (Å²) in [5, 5.41) is 3.39. The minimum Gasteiger partial charge on any atom is -0.463 e. The molecule has 0 atom stereocenters. The first-order valence-corrected chi connectivity index (χ1v) is 10.8. The minimum atomic E-state index is -0.00390. The van der Waals surface area contributed by atoms with Crippen molar-refractivity contribution in [3.63, 3.8) is 0 Å². The van der Waals surface area contributed by atoms with Gasteiger partial charge in [0.25, 0.3) is 0 Å². The maximum absolute atomic E-state index is 11.9. The van der Waals surface area contributed by atoms with Crippen LogP contribution in [0, 0.1) is 0 Å². The van der Waals surface area contributed by atoms with Gasteiger partial charge in [0.05, 0.1) is 12.3 Å². The topological polar surface area (TPSA) is 73.8 Å². The fraction of sp³-hybridized carbons (Fsp3) is 0.667. The molecule has 8 nitrogen and oxygen atoms in total. The van der Waals surface area contributed by atoms with Crippen LogP contribution in [0.25, 0.3) is 0 Å². The van der Waals surface area contributed by atoms with E-state index in [0.717, 1.165) is 70.2 Å². The van der Waals surface area contributed by atoms with Crippen LogP contribution in [0.2, 0.25) is 0 Å². The van der Waals surface area contributed by atoms with Crippen molar-refractivity contribution < 1.29 is 9.53 Å². The maximum atomic E-state index is 11.9. The van der Waals surface area contributed by atoms with E-state index in [4.69, 9.17) is 9.72 Å². The smallest absolute Gasteiger partial charge is 0.318 e. The number of fused-ring (bicyclic) bond motifs is 1. The van der Waals surface area contributed by atoms with Crippen LogP contribution in [-0.4, -0.2) is 84.6 Å². The average Bonchev–Trinajstić information content (AvgIpc) is 2.78. The van der Waals surface area contributed by atoms with Gasteiger partial charge in [-0.3, -0.25) is 4.79 Å². The number of rotatable bonds is 9. The van der Waals surface area contributed by atoms with Gasteiger partial charge in [-0.15, -0.1) is 0 Å². The van der Waals surface area contributed by atoms with Crippen LogP contribution in [0.1, 0.15) is 31.5 Å². The van der Waals surface area contributed by atoms with Crippen LogP contribution in [-0.2, 0) is 17.8 Å². The zero-order chi connectivity index (χ0) is 20.6. The number of carbonyl (C=O) groups is 1. The van der Waals surface area contributed by atoms with E-state index in [-0.39, 0.29) is 5.91 Å². The lowest BCUT2D eigenvalue weighted by Gasteiger charge is -2.36. The third-order valence-corrected chi connectivity index (χ3v) is 5.70. The molecule has 0 aromatic carbocycles. The molecule has 1 aromatic rings. The van der Waals surface area contributed by atoms with Crippen LogP contribution >= 0.6 is 0 Å². The summed E-state index contributed by atoms with van der Waals surface area (Å²) in [5.74, 6) is 0.969. The summed E-state index contributed by atoms with van der Waals surface area (Å²) in [4.78, 5) is 27.8. The molecule has 2 aliphatic rings. The van der Waals surface area contributed by atoms with Gasteiger partial charge in [0.1, 0.15) is 5.82 Å². The highest BCUT2D eigenvalue weighted by Crippen LogP contribution is 2.27. The van der Waals surface area contributed by atoms with E-state index in [2.05, 4.69) is 40.5 Å². The fourth-order valence-electron chi connectivity index (χ4n) is 3.90. The molecule has 2 aliphatic heterocycles. The lowest BCUT2D eigenvalue weighted by molar-refractivity contribution is -0.126. The van der Waals surface area contributed by atoms with Crippen LogP contribution in [0.15, 0.2) is 12.7 Å². The molecule has 1 amide bonds. The van der Waals surface area contributed by atoms with Gasteiger partial charge in [0.2, 0.25) is 5.91 Å². The lowest BCUT2D eigenvalue weighted by atomic mass is 10.1. The molecule has 1 aromatic heterocycles. The zero-order valence-corrected chi connectivity index (χ0v) is 17.8. The number of amides is 1. The van der Waals surface area contributed by atoms with E-state index in [1.807, 2.05) is 4.90 Å². The molecule has 1 N–H and O–H groups in total. The van der Waals surface area contributed by atoms with E-state index in [9.17, 15) is 4.79 Å². The Morgan fingerprint density at radius 2 is 2.00 bits per heavy atom. The van der Waals surface area contributed by atoms with Gasteiger partial charge in [0, 0.05) is 44.8 Å². The van der Waals surface area contributed by atoms with E-state index < -0.39 is 0 Å². The van der Waals surface area contributed by atoms with E-state index in [0.29, 0.717) is 25.7 Å². The molecule has 0 bridgehead atoms. The number of hydrogen-bond acceptors (Lipinski definition) is 7. The van der Waals surface area contributed by atoms with Crippen molar-refractivity contribution in [2.75, 3.05) is 63.9 Å². The third-order valence-electron chi connectivity index (χ3n) is 5.70. The van der Waals surface area contributed by atoms with Crippen molar-refractivity contribution in [1.82, 2.24) is 25.1 Å². The van der Waals surface area contributed by atoms with E-state index in [1.165, 1.54) is 11.6 Å². The van der Waals surface area contributed by atoms with Gasteiger partial charge < -0.3 is 24.8 Å². The number of aromatic nitrogens is 2. The van der Waals surface area contributed by atoms with Crippen LogP contribution < -0.4 is 15.0 Å². The van der Waals surface area contributed by atoms with Gasteiger partial charge in [-0.25, -0.2) is 0 Å². The monoisotopic (exact) mass is 402 g/mol. The molecule has 160 valence electrons. The largest absolute Gasteiger partial charge is 0.463 e. The third kappa shape index (κ3) is 5.45. The minimum absolute atomic E-state index is 0.00390. The van der Waals surface area contributed by atoms with Crippen molar-refractivity contribution in [3.05, 3.63) is 23.9 Å². The second-order valence-electron chi connectivity index (χ2n) is 7.43. The van der Waals surface area contributed by atoms with Gasteiger partial charge >= 0.3 is 6.01 Å². The Bertz CT molecular complexity index is 699. The molecular weight excluding hydrogens is 368 g/mol. The molecule has 0 radical (unpaired) electrons. The Kier molecular flexibility index (Phi) is 7.83. The highest BCUT2D eigenvalue weighted by Gasteiger charge is 2.26. The van der Waals surface area contributed by atoms with Crippen molar-refractivity contribution in [3.8, 4) is 6.01 Å². The second kappa shape index (κ2) is 10.5. The summed E-state index contributed by atoms with van der Waals surface area (Å²) in [7, 11) is 0. The first kappa shape index (κ1) is 21.5. The van der Waals surface area contributed by atoms with Crippen LogP contribution in [0.5, 0.6) is 6.01 Å². The van der Waals surface area contributed by atoms with E-state index in [1.54, 1.807) is 0 Å². The first-order chi connectivity index (χ1) is 14.2. The van der Waals surface area contributed by atoms with Crippen LogP contribution in [0.4, 0.5) is 5.82 Å². The van der Waals surface area contributed by atoms with Crippen molar-refractivity contribution in [2.45, 2.75) is 33.2 Å². The highest BCUT2D eigenvalue weighted by molar-refractivity contribution is 5.87. The van der Waals surface area contributed by atoms with E-state index >= 15 is 0 Å². The molecule has 1 saturated heterocycles. The molecule has 0 spiro atoms. The van der Waals surface area contributed by atoms with Gasteiger partial charge in [-0.2, -0.15) is 9.97 Å².